The van der Waals surface area contributed by atoms with E-state index in [2.05, 4.69) is 13.0 Å². The fraction of sp³-hybridized carbons (Fsp3) is 0.750. The lowest BCUT2D eigenvalue weighted by molar-refractivity contribution is 0.710. The largest absolute Gasteiger partial charge is 0.324 e. The van der Waals surface area contributed by atoms with Crippen molar-refractivity contribution in [2.45, 2.75) is 38.6 Å². The number of allylic oxidation sites excluding steroid dienone is 1. The van der Waals surface area contributed by atoms with Crippen LogP contribution < -0.4 is 5.73 Å². The molecule has 1 heteroatoms. The molecule has 1 nitrogen and oxygen atoms in total. The Labute approximate surface area is 56.9 Å². The molecule has 0 aliphatic heterocycles. The molecular formula is C8H15N. The summed E-state index contributed by atoms with van der Waals surface area (Å²) < 4.78 is 0. The summed E-state index contributed by atoms with van der Waals surface area (Å²) in [6.07, 6.45) is 7.21. The topological polar surface area (TPSA) is 26.0 Å². The minimum absolute atomic E-state index is 0.354. The highest BCUT2D eigenvalue weighted by molar-refractivity contribution is 5.13. The number of hydrogen-bond donors (Lipinski definition) is 1. The van der Waals surface area contributed by atoms with Crippen molar-refractivity contribution in [1.29, 1.82) is 0 Å². The van der Waals surface area contributed by atoms with Gasteiger partial charge in [0.2, 0.25) is 0 Å². The summed E-state index contributed by atoms with van der Waals surface area (Å²) in [5, 5.41) is 0. The van der Waals surface area contributed by atoms with E-state index in [1.807, 2.05) is 0 Å². The molecule has 9 heavy (non-hydrogen) atoms. The lowest BCUT2D eigenvalue weighted by Gasteiger charge is -2.08. The quantitative estimate of drug-likeness (QED) is 0.560. The van der Waals surface area contributed by atoms with Gasteiger partial charge < -0.3 is 5.73 Å². The average Bonchev–Trinajstić information content (AvgIpc) is 2.37. The summed E-state index contributed by atoms with van der Waals surface area (Å²) in [5.74, 6) is 0. The van der Waals surface area contributed by atoms with Crippen molar-refractivity contribution in [2.24, 2.45) is 5.73 Å². The molecule has 1 rings (SSSR count). The van der Waals surface area contributed by atoms with E-state index in [0.717, 1.165) is 6.42 Å². The van der Waals surface area contributed by atoms with E-state index in [0.29, 0.717) is 6.04 Å². The van der Waals surface area contributed by atoms with Gasteiger partial charge in [-0.25, -0.2) is 0 Å². The third kappa shape index (κ3) is 1.55. The highest BCUT2D eigenvalue weighted by Gasteiger charge is 2.09. The minimum atomic E-state index is 0.354. The first-order valence-electron chi connectivity index (χ1n) is 3.79. The zero-order valence-corrected chi connectivity index (χ0v) is 6.06. The summed E-state index contributed by atoms with van der Waals surface area (Å²) in [6.45, 7) is 2.14. The molecule has 0 unspecified atom stereocenters. The van der Waals surface area contributed by atoms with Gasteiger partial charge >= 0.3 is 0 Å². The maximum atomic E-state index is 5.81. The van der Waals surface area contributed by atoms with E-state index in [1.165, 1.54) is 24.8 Å². The van der Waals surface area contributed by atoms with Crippen molar-refractivity contribution in [1.82, 2.24) is 0 Å². The molecule has 0 saturated carbocycles. The predicted molar refractivity (Wildman–Crippen MR) is 40.2 cm³/mol. The molecular weight excluding hydrogens is 110 g/mol. The number of rotatable bonds is 2. The molecule has 0 heterocycles. The summed E-state index contributed by atoms with van der Waals surface area (Å²) in [5.41, 5.74) is 7.29. The van der Waals surface area contributed by atoms with Gasteiger partial charge in [0.05, 0.1) is 0 Å². The van der Waals surface area contributed by atoms with Crippen LogP contribution in [0.1, 0.15) is 32.6 Å². The summed E-state index contributed by atoms with van der Waals surface area (Å²) in [6, 6.07) is 0.354. The Kier molecular flexibility index (Phi) is 2.29. The molecule has 0 aromatic rings. The van der Waals surface area contributed by atoms with E-state index < -0.39 is 0 Å². The Morgan fingerprint density at radius 2 is 2.56 bits per heavy atom. The van der Waals surface area contributed by atoms with Crippen LogP contribution in [-0.4, -0.2) is 6.04 Å². The zero-order chi connectivity index (χ0) is 6.69. The van der Waals surface area contributed by atoms with Crippen molar-refractivity contribution in [3.8, 4) is 0 Å². The first kappa shape index (κ1) is 6.81. The van der Waals surface area contributed by atoms with Gasteiger partial charge in [-0.2, -0.15) is 0 Å². The van der Waals surface area contributed by atoms with Crippen molar-refractivity contribution >= 4 is 0 Å². The second-order valence-electron chi connectivity index (χ2n) is 2.69. The Morgan fingerprint density at radius 3 is 3.00 bits per heavy atom. The van der Waals surface area contributed by atoms with Crippen molar-refractivity contribution in [2.75, 3.05) is 0 Å². The summed E-state index contributed by atoms with van der Waals surface area (Å²) in [4.78, 5) is 0. The number of nitrogens with two attached hydrogens (primary N) is 1. The monoisotopic (exact) mass is 125 g/mol. The lowest BCUT2D eigenvalue weighted by Crippen LogP contribution is -2.20. The van der Waals surface area contributed by atoms with Crippen LogP contribution in [0.2, 0.25) is 0 Å². The fourth-order valence-electron chi connectivity index (χ4n) is 1.29. The zero-order valence-electron chi connectivity index (χ0n) is 6.06. The van der Waals surface area contributed by atoms with Gasteiger partial charge in [0.1, 0.15) is 0 Å². The normalized spacial score (nSPS) is 21.8. The molecule has 0 aromatic carbocycles. The first-order chi connectivity index (χ1) is 4.34. The molecule has 0 bridgehead atoms. The van der Waals surface area contributed by atoms with Gasteiger partial charge in [-0.05, 0) is 25.7 Å². The van der Waals surface area contributed by atoms with Gasteiger partial charge in [0, 0.05) is 6.04 Å². The molecule has 0 aromatic heterocycles. The van der Waals surface area contributed by atoms with Crippen molar-refractivity contribution < 1.29 is 0 Å². The Bertz CT molecular complexity index is 116. The molecule has 1 aliphatic carbocycles. The Balaban J connectivity index is 2.40. The van der Waals surface area contributed by atoms with Crippen molar-refractivity contribution in [3.63, 3.8) is 0 Å². The Morgan fingerprint density at radius 1 is 1.78 bits per heavy atom. The standard InChI is InChI=1S/C8H15N/c1-2-8(9)7-5-3-4-6-7/h5,8H,2-4,6,9H2,1H3/t8-/m0/s1. The van der Waals surface area contributed by atoms with Gasteiger partial charge in [-0.15, -0.1) is 0 Å². The highest BCUT2D eigenvalue weighted by atomic mass is 14.6. The van der Waals surface area contributed by atoms with Crippen LogP contribution in [0, 0.1) is 0 Å². The van der Waals surface area contributed by atoms with Crippen LogP contribution in [-0.2, 0) is 0 Å². The van der Waals surface area contributed by atoms with Crippen LogP contribution in [0.3, 0.4) is 0 Å². The van der Waals surface area contributed by atoms with Crippen LogP contribution >= 0.6 is 0 Å². The molecule has 0 fully saturated rings. The third-order valence-electron chi connectivity index (χ3n) is 1.99. The molecule has 52 valence electrons. The van der Waals surface area contributed by atoms with Crippen LogP contribution in [0.5, 0.6) is 0 Å². The molecule has 0 amide bonds. The summed E-state index contributed by atoms with van der Waals surface area (Å²) >= 11 is 0. The smallest absolute Gasteiger partial charge is 0.0250 e. The maximum Gasteiger partial charge on any atom is 0.0250 e. The summed E-state index contributed by atoms with van der Waals surface area (Å²) in [7, 11) is 0. The highest BCUT2D eigenvalue weighted by Crippen LogP contribution is 2.20. The first-order valence-corrected chi connectivity index (χ1v) is 3.79. The molecule has 2 N–H and O–H groups in total. The molecule has 1 aliphatic rings. The molecule has 0 spiro atoms. The average molecular weight is 125 g/mol. The van der Waals surface area contributed by atoms with Crippen molar-refractivity contribution in [3.05, 3.63) is 11.6 Å². The van der Waals surface area contributed by atoms with Gasteiger partial charge in [0.15, 0.2) is 0 Å². The van der Waals surface area contributed by atoms with Gasteiger partial charge in [-0.3, -0.25) is 0 Å². The fourth-order valence-corrected chi connectivity index (χ4v) is 1.29. The second-order valence-corrected chi connectivity index (χ2v) is 2.69. The third-order valence-corrected chi connectivity index (χ3v) is 1.99. The van der Waals surface area contributed by atoms with Gasteiger partial charge in [-0.1, -0.05) is 18.6 Å². The van der Waals surface area contributed by atoms with Crippen LogP contribution in [0.15, 0.2) is 11.6 Å². The SMILES string of the molecule is CC[C@H](N)C1=CCCC1. The minimum Gasteiger partial charge on any atom is -0.324 e. The predicted octanol–water partition coefficient (Wildman–Crippen LogP) is 1.83. The lowest BCUT2D eigenvalue weighted by atomic mass is 10.1. The van der Waals surface area contributed by atoms with E-state index >= 15 is 0 Å². The van der Waals surface area contributed by atoms with E-state index in [4.69, 9.17) is 5.73 Å². The van der Waals surface area contributed by atoms with E-state index in [-0.39, 0.29) is 0 Å². The van der Waals surface area contributed by atoms with Gasteiger partial charge in [0.25, 0.3) is 0 Å². The maximum absolute atomic E-state index is 5.81. The van der Waals surface area contributed by atoms with E-state index in [1.54, 1.807) is 0 Å². The van der Waals surface area contributed by atoms with Crippen LogP contribution in [0.4, 0.5) is 0 Å². The number of hydrogen-bond acceptors (Lipinski definition) is 1. The van der Waals surface area contributed by atoms with E-state index in [9.17, 15) is 0 Å². The molecule has 0 saturated heterocycles. The molecule has 1 atom stereocenters. The van der Waals surface area contributed by atoms with Crippen LogP contribution in [0.25, 0.3) is 0 Å². The second kappa shape index (κ2) is 3.02. The molecule has 0 radical (unpaired) electrons. The Hall–Kier alpha value is -0.300.